The third-order valence-electron chi connectivity index (χ3n) is 3.63. The molecule has 0 bridgehead atoms. The molecule has 5 nitrogen and oxygen atoms in total. The molecule has 0 aliphatic carbocycles. The summed E-state index contributed by atoms with van der Waals surface area (Å²) in [4.78, 5) is 12.4. The molecule has 1 aliphatic heterocycles. The van der Waals surface area contributed by atoms with Gasteiger partial charge in [0.25, 0.3) is 12.3 Å². The second-order valence-electron chi connectivity index (χ2n) is 5.47. The summed E-state index contributed by atoms with van der Waals surface area (Å²) in [7, 11) is 0. The highest BCUT2D eigenvalue weighted by molar-refractivity contribution is 6.22. The van der Waals surface area contributed by atoms with Crippen molar-refractivity contribution in [3.63, 3.8) is 0 Å². The van der Waals surface area contributed by atoms with Crippen molar-refractivity contribution in [1.82, 2.24) is 15.1 Å². The van der Waals surface area contributed by atoms with Gasteiger partial charge in [-0.05, 0) is 11.6 Å². The number of fused-ring (bicyclic) bond motifs is 1. The van der Waals surface area contributed by atoms with Crippen LogP contribution in [0, 0.1) is 0 Å². The minimum absolute atomic E-state index is 0.117. The maximum Gasteiger partial charge on any atom is 0.280 e. The summed E-state index contributed by atoms with van der Waals surface area (Å²) in [6.45, 7) is 3.62. The Balaban J connectivity index is 1.76. The lowest BCUT2D eigenvalue weighted by molar-refractivity contribution is 0.0949. The predicted molar refractivity (Wildman–Crippen MR) is 92.5 cm³/mol. The van der Waals surface area contributed by atoms with E-state index >= 15 is 0 Å². The van der Waals surface area contributed by atoms with E-state index in [4.69, 9.17) is 11.6 Å². The van der Waals surface area contributed by atoms with Crippen LogP contribution in [0.2, 0.25) is 0 Å². The third-order valence-corrected chi connectivity index (χ3v) is 3.89. The number of hydrogen-bond donors (Lipinski definition) is 2. The first-order valence-corrected chi connectivity index (χ1v) is 7.92. The van der Waals surface area contributed by atoms with E-state index in [0.29, 0.717) is 6.42 Å². The van der Waals surface area contributed by atoms with Crippen molar-refractivity contribution in [2.45, 2.75) is 18.3 Å². The van der Waals surface area contributed by atoms with Crippen LogP contribution in [0.25, 0.3) is 5.70 Å². The number of hydrogen-bond acceptors (Lipinski definition) is 3. The molecule has 2 N–H and O–H groups in total. The number of carbonyl (C=O) groups is 1. The molecule has 2 aromatic rings. The van der Waals surface area contributed by atoms with Crippen LogP contribution in [0.15, 0.2) is 54.9 Å². The molecule has 3 rings (SSSR count). The molecule has 0 fully saturated rings. The Morgan fingerprint density at radius 1 is 1.36 bits per heavy atom. The Morgan fingerprint density at radius 2 is 2.08 bits per heavy atom. The van der Waals surface area contributed by atoms with Crippen molar-refractivity contribution in [3.8, 4) is 0 Å². The lowest BCUT2D eigenvalue weighted by Crippen LogP contribution is -2.33. The molecule has 0 saturated carbocycles. The van der Waals surface area contributed by atoms with E-state index in [1.807, 2.05) is 30.3 Å². The third kappa shape index (κ3) is 3.71. The first-order valence-electron chi connectivity index (χ1n) is 7.48. The fourth-order valence-corrected chi connectivity index (χ4v) is 2.78. The highest BCUT2D eigenvalue weighted by Crippen LogP contribution is 2.29. The zero-order valence-electron chi connectivity index (χ0n) is 13.0. The number of nitrogens with zero attached hydrogens (tertiary/aromatic N) is 2. The molecule has 1 atom stereocenters. The van der Waals surface area contributed by atoms with Crippen molar-refractivity contribution in [3.05, 3.63) is 66.0 Å². The van der Waals surface area contributed by atoms with Gasteiger partial charge >= 0.3 is 0 Å². The number of halogens is 3. The van der Waals surface area contributed by atoms with Crippen LogP contribution in [0.4, 0.5) is 14.6 Å². The van der Waals surface area contributed by atoms with Gasteiger partial charge in [0.15, 0.2) is 0 Å². The number of nitrogens with one attached hydrogen (secondary N) is 2. The topological polar surface area (TPSA) is 59.0 Å². The molecule has 1 aromatic carbocycles. The van der Waals surface area contributed by atoms with E-state index in [2.05, 4.69) is 22.3 Å². The number of benzene rings is 1. The summed E-state index contributed by atoms with van der Waals surface area (Å²) in [5.41, 5.74) is 0.344. The Kier molecular flexibility index (Phi) is 4.85. The van der Waals surface area contributed by atoms with Crippen molar-refractivity contribution in [2.24, 2.45) is 0 Å². The lowest BCUT2D eigenvalue weighted by Gasteiger charge is -2.20. The summed E-state index contributed by atoms with van der Waals surface area (Å²) in [6.07, 6.45) is 0.0947. The molecule has 0 radical (unpaired) electrons. The van der Waals surface area contributed by atoms with E-state index in [0.717, 1.165) is 10.2 Å². The molecule has 1 aliphatic rings. The molecule has 130 valence electrons. The van der Waals surface area contributed by atoms with Gasteiger partial charge in [-0.15, -0.1) is 0 Å². The summed E-state index contributed by atoms with van der Waals surface area (Å²) in [6, 6.07) is 9.44. The van der Waals surface area contributed by atoms with Gasteiger partial charge in [0.1, 0.15) is 22.6 Å². The molecular weight excluding hydrogens is 350 g/mol. The standard InChI is InChI=1S/C17H15ClF2N4O/c1-10-7-13(15(19)20)24-16(22-10)12(9-21-24)17(25)23-14(18)8-11-5-3-2-4-6-11/h2-7,9,14-15,22H,1,8H2,(H,23,25). The maximum absolute atomic E-state index is 13.1. The molecule has 0 spiro atoms. The van der Waals surface area contributed by atoms with Gasteiger partial charge in [0.05, 0.1) is 6.20 Å². The zero-order chi connectivity index (χ0) is 18.0. The van der Waals surface area contributed by atoms with E-state index in [9.17, 15) is 13.6 Å². The van der Waals surface area contributed by atoms with Crippen LogP contribution in [0.1, 0.15) is 15.9 Å². The van der Waals surface area contributed by atoms with Crippen molar-refractivity contribution in [1.29, 1.82) is 0 Å². The summed E-state index contributed by atoms with van der Waals surface area (Å²) in [5.74, 6) is -0.364. The van der Waals surface area contributed by atoms with Crippen LogP contribution < -0.4 is 10.6 Å². The number of aromatic nitrogens is 2. The second kappa shape index (κ2) is 7.06. The van der Waals surface area contributed by atoms with Gasteiger partial charge < -0.3 is 10.6 Å². The van der Waals surface area contributed by atoms with Gasteiger partial charge in [-0.3, -0.25) is 4.79 Å². The van der Waals surface area contributed by atoms with Gasteiger partial charge in [0.2, 0.25) is 0 Å². The quantitative estimate of drug-likeness (QED) is 0.631. The number of carbonyl (C=O) groups excluding carboxylic acids is 1. The van der Waals surface area contributed by atoms with Crippen molar-refractivity contribution >= 4 is 29.0 Å². The molecule has 1 amide bonds. The molecule has 0 saturated heterocycles. The molecule has 25 heavy (non-hydrogen) atoms. The molecule has 1 unspecified atom stereocenters. The maximum atomic E-state index is 13.1. The molecular formula is C17H15ClF2N4O. The smallest absolute Gasteiger partial charge is 0.280 e. The van der Waals surface area contributed by atoms with Crippen molar-refractivity contribution < 1.29 is 13.6 Å². The van der Waals surface area contributed by atoms with Gasteiger partial charge in [0, 0.05) is 12.1 Å². The molecule has 2 heterocycles. The number of rotatable bonds is 5. The van der Waals surface area contributed by atoms with Crippen LogP contribution in [-0.4, -0.2) is 27.6 Å². The second-order valence-corrected chi connectivity index (χ2v) is 6.00. The van der Waals surface area contributed by atoms with Crippen LogP contribution in [0.5, 0.6) is 0 Å². The SMILES string of the molecule is C=C1C=C(C(F)F)n2ncc(C(=O)NC(Cl)Cc3ccccc3)c2N1. The largest absolute Gasteiger partial charge is 0.340 e. The Hall–Kier alpha value is -2.67. The normalized spacial score (nSPS) is 14.6. The number of allylic oxidation sites excluding steroid dienone is 2. The predicted octanol–water partition coefficient (Wildman–Crippen LogP) is 3.47. The average molecular weight is 365 g/mol. The average Bonchev–Trinajstić information content (AvgIpc) is 2.98. The summed E-state index contributed by atoms with van der Waals surface area (Å²) < 4.78 is 27.2. The van der Waals surface area contributed by atoms with Crippen LogP contribution in [0.3, 0.4) is 0 Å². The first-order chi connectivity index (χ1) is 12.0. The Bertz CT molecular complexity index is 832. The molecule has 1 aromatic heterocycles. The van der Waals surface area contributed by atoms with Crippen LogP contribution in [-0.2, 0) is 6.42 Å². The Labute approximate surface area is 148 Å². The Morgan fingerprint density at radius 3 is 2.76 bits per heavy atom. The van der Waals surface area contributed by atoms with Gasteiger partial charge in [-0.2, -0.15) is 5.10 Å². The number of alkyl halides is 3. The minimum atomic E-state index is -2.74. The monoisotopic (exact) mass is 364 g/mol. The van der Waals surface area contributed by atoms with E-state index in [-0.39, 0.29) is 22.8 Å². The lowest BCUT2D eigenvalue weighted by atomic mass is 10.1. The summed E-state index contributed by atoms with van der Waals surface area (Å²) >= 11 is 6.19. The highest BCUT2D eigenvalue weighted by Gasteiger charge is 2.27. The fourth-order valence-electron chi connectivity index (χ4n) is 2.51. The van der Waals surface area contributed by atoms with Crippen LogP contribution >= 0.6 is 11.6 Å². The van der Waals surface area contributed by atoms with E-state index in [1.54, 1.807) is 0 Å². The van der Waals surface area contributed by atoms with E-state index < -0.39 is 17.8 Å². The number of amides is 1. The fraction of sp³-hybridized carbons (Fsp3) is 0.176. The first kappa shape index (κ1) is 17.2. The summed E-state index contributed by atoms with van der Waals surface area (Å²) in [5, 5.41) is 9.29. The van der Waals surface area contributed by atoms with E-state index in [1.165, 1.54) is 12.3 Å². The van der Waals surface area contributed by atoms with Gasteiger partial charge in [-0.1, -0.05) is 48.5 Å². The number of anilines is 1. The molecule has 8 heteroatoms. The zero-order valence-corrected chi connectivity index (χ0v) is 13.8. The van der Waals surface area contributed by atoms with Gasteiger partial charge in [-0.25, -0.2) is 13.5 Å². The van der Waals surface area contributed by atoms with Crippen molar-refractivity contribution in [2.75, 3.05) is 5.32 Å². The highest BCUT2D eigenvalue weighted by atomic mass is 35.5. The minimum Gasteiger partial charge on any atom is -0.340 e.